The standard InChI is InChI=1S/C53H89N15O14S/c1-8-31(4)44(50(79)64-38(52(81)82)23-30(2)3)66-47(76)37(24-33-16-18-34(71)19-17-33)63-49(78)41-15-12-22-68(41)51(80)36(13-9-10-20-54)62-46(75)35(14-11-21-57-53(55)56)60-42(72)25-58-45(74)40(28-83-29-59-32(5)70)65-48(77)39(27-69)61-43(73)26-67(6)7/h16-19,30-31,35-41,44,69,71H,8-15,20-29,54H2,1-7H3,(H,58,74)(H,59,70)(H,60,72)(H,61,73)(H,62,75)(H,63,78)(H,64,79)(H,65,77)(H,66,76)(H,81,82)(H4,55,56,57)/t31-,35-,36-,37-,38-,39-,40-,41-,44-/m0/s1. The molecule has 1 aliphatic rings. The van der Waals surface area contributed by atoms with Gasteiger partial charge in [-0.05, 0) is 102 Å². The first-order valence-electron chi connectivity index (χ1n) is 27.7. The van der Waals surface area contributed by atoms with Crippen LogP contribution in [0.5, 0.6) is 5.75 Å². The zero-order chi connectivity index (χ0) is 62.3. The highest BCUT2D eigenvalue weighted by Gasteiger charge is 2.40. The van der Waals surface area contributed by atoms with Crippen LogP contribution in [-0.2, 0) is 59.2 Å². The Balaban J connectivity index is 2.43. The van der Waals surface area contributed by atoms with E-state index in [4.69, 9.17) is 17.2 Å². The van der Waals surface area contributed by atoms with Crippen LogP contribution in [0.1, 0.15) is 98.0 Å². The second-order valence-electron chi connectivity index (χ2n) is 21.0. The topological polar surface area (TPSA) is 454 Å². The van der Waals surface area contributed by atoms with Gasteiger partial charge in [-0.2, -0.15) is 0 Å². The SMILES string of the molecule is CC[C@H](C)[C@H](NC(=O)[C@H](Cc1ccc(O)cc1)NC(=O)[C@@H]1CCCN1C(=O)[C@H](CCCCN)NC(=O)[C@H](CCCN=C(N)N)NC(=O)CNC(=O)[C@H](CSCNC(C)=O)NC(=O)[C@H](CO)NC(=O)CN(C)C)C(=O)N[C@@H](CC(C)C)C(=O)O. The minimum atomic E-state index is -1.44. The van der Waals surface area contributed by atoms with Crippen LogP contribution in [0.25, 0.3) is 0 Å². The Morgan fingerprint density at radius 1 is 0.747 bits per heavy atom. The summed E-state index contributed by atoms with van der Waals surface area (Å²) in [5, 5.41) is 52.9. The lowest BCUT2D eigenvalue weighted by atomic mass is 9.96. The average molecular weight is 1190 g/mol. The number of carboxylic acids is 1. The fraction of sp³-hybridized carbons (Fsp3) is 0.660. The third-order valence-corrected chi connectivity index (χ3v) is 14.1. The van der Waals surface area contributed by atoms with E-state index < -0.39 is 127 Å². The Morgan fingerprint density at radius 3 is 1.95 bits per heavy atom. The van der Waals surface area contributed by atoms with Gasteiger partial charge in [0.05, 0.1) is 25.6 Å². The predicted octanol–water partition coefficient (Wildman–Crippen LogP) is -3.82. The van der Waals surface area contributed by atoms with Crippen molar-refractivity contribution in [3.8, 4) is 5.75 Å². The molecule has 1 saturated heterocycles. The number of nitrogens with one attached hydrogen (secondary N) is 9. The molecule has 0 radical (unpaired) electrons. The maximum absolute atomic E-state index is 14.7. The van der Waals surface area contributed by atoms with Crippen molar-refractivity contribution < 1.29 is 68.1 Å². The Hall–Kier alpha value is -7.31. The number of nitrogens with zero attached hydrogens (tertiary/aromatic N) is 3. The number of phenols is 1. The monoisotopic (exact) mass is 1190 g/mol. The predicted molar refractivity (Wildman–Crippen MR) is 309 cm³/mol. The van der Waals surface area contributed by atoms with Gasteiger partial charge in [-0.1, -0.05) is 46.2 Å². The van der Waals surface area contributed by atoms with E-state index in [1.165, 1.54) is 28.9 Å². The van der Waals surface area contributed by atoms with E-state index in [2.05, 4.69) is 52.8 Å². The quantitative estimate of drug-likeness (QED) is 0.0131. The van der Waals surface area contributed by atoms with Gasteiger partial charge in [0, 0.05) is 32.2 Å². The summed E-state index contributed by atoms with van der Waals surface area (Å²) in [6, 6.07) is -4.52. The molecule has 466 valence electrons. The molecule has 9 atom stereocenters. The lowest BCUT2D eigenvalue weighted by Crippen LogP contribution is -2.60. The van der Waals surface area contributed by atoms with Crippen LogP contribution in [0, 0.1) is 11.8 Å². The first kappa shape index (κ1) is 71.8. The molecule has 0 unspecified atom stereocenters. The summed E-state index contributed by atoms with van der Waals surface area (Å²) in [7, 11) is 3.24. The van der Waals surface area contributed by atoms with Crippen molar-refractivity contribution in [2.75, 3.05) is 65.1 Å². The van der Waals surface area contributed by atoms with Crippen molar-refractivity contribution in [1.29, 1.82) is 0 Å². The lowest BCUT2D eigenvalue weighted by molar-refractivity contribution is -0.143. The van der Waals surface area contributed by atoms with Crippen molar-refractivity contribution >= 4 is 82.8 Å². The van der Waals surface area contributed by atoms with Crippen LogP contribution in [-0.4, -0.2) is 210 Å². The molecule has 1 aromatic carbocycles. The summed E-state index contributed by atoms with van der Waals surface area (Å²) in [4.78, 5) is 155. The van der Waals surface area contributed by atoms with Gasteiger partial charge >= 0.3 is 5.97 Å². The number of rotatable bonds is 38. The summed E-state index contributed by atoms with van der Waals surface area (Å²) in [5.74, 6) is -9.53. The van der Waals surface area contributed by atoms with Crippen molar-refractivity contribution in [2.45, 2.75) is 147 Å². The van der Waals surface area contributed by atoms with E-state index in [0.29, 0.717) is 31.2 Å². The number of unbranched alkanes of at least 4 members (excludes halogenated alkanes) is 1. The molecule has 29 nitrogen and oxygen atoms in total. The summed E-state index contributed by atoms with van der Waals surface area (Å²) in [6.07, 6.45) is 1.81. The fourth-order valence-corrected chi connectivity index (χ4v) is 9.49. The van der Waals surface area contributed by atoms with Gasteiger partial charge < -0.3 is 90.2 Å². The lowest BCUT2D eigenvalue weighted by Gasteiger charge is -2.31. The molecule has 0 saturated carbocycles. The van der Waals surface area contributed by atoms with E-state index in [1.807, 2.05) is 0 Å². The minimum absolute atomic E-state index is 0.0326. The van der Waals surface area contributed by atoms with Gasteiger partial charge in [-0.3, -0.25) is 52.9 Å². The van der Waals surface area contributed by atoms with Crippen LogP contribution in [0.4, 0.5) is 0 Å². The molecule has 18 N–H and O–H groups in total. The average Bonchev–Trinajstić information content (AvgIpc) is 4.21. The van der Waals surface area contributed by atoms with Crippen LogP contribution in [0.15, 0.2) is 29.3 Å². The van der Waals surface area contributed by atoms with Crippen LogP contribution >= 0.6 is 11.8 Å². The number of carbonyl (C=O) groups is 11. The number of likely N-dealkylation sites (tertiary alicyclic amines) is 1. The summed E-state index contributed by atoms with van der Waals surface area (Å²) < 4.78 is 0. The molecule has 0 spiro atoms. The smallest absolute Gasteiger partial charge is 0.326 e. The Bertz CT molecular complexity index is 2360. The number of thioether (sulfide) groups is 1. The molecule has 83 heavy (non-hydrogen) atoms. The largest absolute Gasteiger partial charge is 0.508 e. The number of aromatic hydroxyl groups is 1. The first-order chi connectivity index (χ1) is 39.2. The van der Waals surface area contributed by atoms with E-state index in [0.717, 1.165) is 11.8 Å². The van der Waals surface area contributed by atoms with Crippen molar-refractivity contribution in [2.24, 2.45) is 34.0 Å². The number of aliphatic hydroxyl groups is 1. The number of benzene rings is 1. The normalized spacial score (nSPS) is 15.8. The highest BCUT2D eigenvalue weighted by Crippen LogP contribution is 2.22. The van der Waals surface area contributed by atoms with Crippen LogP contribution < -0.4 is 65.1 Å². The molecular weight excluding hydrogens is 1100 g/mol. The number of nitrogens with two attached hydrogens (primary N) is 3. The van der Waals surface area contributed by atoms with Gasteiger partial charge in [0.15, 0.2) is 5.96 Å². The number of hydrogen-bond donors (Lipinski definition) is 15. The van der Waals surface area contributed by atoms with Gasteiger partial charge in [0.2, 0.25) is 59.1 Å². The maximum atomic E-state index is 14.7. The fourth-order valence-electron chi connectivity index (χ4n) is 8.60. The molecule has 10 amide bonds. The first-order valence-corrected chi connectivity index (χ1v) is 28.9. The van der Waals surface area contributed by atoms with E-state index in [-0.39, 0.29) is 99.9 Å². The molecule has 1 fully saturated rings. The van der Waals surface area contributed by atoms with Crippen molar-refractivity contribution in [1.82, 2.24) is 57.7 Å². The number of aliphatic hydroxyl groups excluding tert-OH is 1. The summed E-state index contributed by atoms with van der Waals surface area (Å²) in [5.41, 5.74) is 17.4. The second kappa shape index (κ2) is 37.7. The number of carboxylic acid groups (broad SMARTS) is 1. The van der Waals surface area contributed by atoms with Gasteiger partial charge in [0.1, 0.15) is 54.1 Å². The number of hydrogen-bond acceptors (Lipinski definition) is 17. The van der Waals surface area contributed by atoms with E-state index >= 15 is 0 Å². The summed E-state index contributed by atoms with van der Waals surface area (Å²) in [6.45, 7) is 7.09. The Labute approximate surface area is 488 Å². The van der Waals surface area contributed by atoms with E-state index in [1.54, 1.807) is 53.9 Å². The van der Waals surface area contributed by atoms with Crippen molar-refractivity contribution in [3.63, 3.8) is 0 Å². The molecule has 1 heterocycles. The summed E-state index contributed by atoms with van der Waals surface area (Å²) >= 11 is 1.04. The minimum Gasteiger partial charge on any atom is -0.508 e. The number of likely N-dealkylation sites (N-methyl/N-ethyl adjacent to an activating group) is 1. The second-order valence-corrected chi connectivity index (χ2v) is 22.0. The maximum Gasteiger partial charge on any atom is 0.326 e. The molecule has 1 aromatic rings. The molecule has 30 heteroatoms. The zero-order valence-corrected chi connectivity index (χ0v) is 49.4. The van der Waals surface area contributed by atoms with Gasteiger partial charge in [0.25, 0.3) is 0 Å². The molecule has 1 aliphatic heterocycles. The highest BCUT2D eigenvalue weighted by molar-refractivity contribution is 7.99. The number of amides is 10. The number of aliphatic imine (C=N–C) groups is 1. The van der Waals surface area contributed by atoms with Crippen LogP contribution in [0.2, 0.25) is 0 Å². The zero-order valence-electron chi connectivity index (χ0n) is 48.6. The molecule has 0 aliphatic carbocycles. The number of aliphatic carboxylic acids is 1. The molecule has 0 aromatic heterocycles. The van der Waals surface area contributed by atoms with Gasteiger partial charge in [-0.25, -0.2) is 4.79 Å². The molecule has 2 rings (SSSR count). The molecular formula is C53H89N15O14S. The Morgan fingerprint density at radius 2 is 1.36 bits per heavy atom. The highest BCUT2D eigenvalue weighted by atomic mass is 32.2. The van der Waals surface area contributed by atoms with Crippen molar-refractivity contribution in [3.05, 3.63) is 29.8 Å². The Kier molecular flexibility index (Phi) is 32.6. The third-order valence-electron chi connectivity index (χ3n) is 13.2. The third kappa shape index (κ3) is 27.1. The number of carbonyl (C=O) groups excluding carboxylic acids is 10. The van der Waals surface area contributed by atoms with Crippen LogP contribution in [0.3, 0.4) is 0 Å². The van der Waals surface area contributed by atoms with Gasteiger partial charge in [-0.15, -0.1) is 11.8 Å². The molecule has 0 bridgehead atoms. The number of phenolic OH excluding ortho intramolecular Hbond substituents is 1. The number of guanidine groups is 1. The van der Waals surface area contributed by atoms with E-state index in [9.17, 15) is 68.1 Å².